The zero-order valence-corrected chi connectivity index (χ0v) is 12.8. The van der Waals surface area contributed by atoms with Crippen LogP contribution in [-0.4, -0.2) is 12.0 Å². The second-order valence-corrected chi connectivity index (χ2v) is 5.17. The van der Waals surface area contributed by atoms with Crippen LogP contribution in [0.5, 0.6) is 5.75 Å². The monoisotopic (exact) mass is 314 g/mol. The van der Waals surface area contributed by atoms with Crippen LogP contribution in [0, 0.1) is 11.3 Å². The number of benzene rings is 2. The Balaban J connectivity index is 1.93. The van der Waals surface area contributed by atoms with Gasteiger partial charge in [-0.3, -0.25) is 4.79 Å². The van der Waals surface area contributed by atoms with Crippen molar-refractivity contribution in [2.45, 2.75) is 19.4 Å². The van der Waals surface area contributed by atoms with Gasteiger partial charge in [0.15, 0.2) is 6.10 Å². The Morgan fingerprint density at radius 1 is 1.23 bits per heavy atom. The van der Waals surface area contributed by atoms with E-state index in [2.05, 4.69) is 11.4 Å². The third-order valence-electron chi connectivity index (χ3n) is 3.00. The molecule has 0 aliphatic heterocycles. The van der Waals surface area contributed by atoms with E-state index in [1.54, 1.807) is 43.3 Å². The SMILES string of the molecule is C[C@@H](Oc1ccc(Cl)cc1)C(=O)Nc1ccc(CC#N)cc1. The predicted octanol–water partition coefficient (Wildman–Crippen LogP) is 3.81. The van der Waals surface area contributed by atoms with Crippen LogP contribution in [0.25, 0.3) is 0 Å². The fraction of sp³-hybridized carbons (Fsp3) is 0.176. The number of hydrogen-bond acceptors (Lipinski definition) is 3. The highest BCUT2D eigenvalue weighted by Gasteiger charge is 2.14. The van der Waals surface area contributed by atoms with Crippen LogP contribution >= 0.6 is 11.6 Å². The van der Waals surface area contributed by atoms with Gasteiger partial charge in [-0.2, -0.15) is 5.26 Å². The fourth-order valence-corrected chi connectivity index (χ4v) is 1.94. The van der Waals surface area contributed by atoms with E-state index in [1.165, 1.54) is 0 Å². The molecule has 2 rings (SSSR count). The van der Waals surface area contributed by atoms with Gasteiger partial charge in [0.1, 0.15) is 5.75 Å². The number of nitrogens with one attached hydrogen (secondary N) is 1. The maximum Gasteiger partial charge on any atom is 0.265 e. The molecule has 0 heterocycles. The van der Waals surface area contributed by atoms with Crippen LogP contribution in [0.1, 0.15) is 12.5 Å². The first-order valence-corrected chi connectivity index (χ1v) is 7.15. The Labute approximate surface area is 134 Å². The molecule has 0 spiro atoms. The van der Waals surface area contributed by atoms with Crippen molar-refractivity contribution in [3.05, 3.63) is 59.1 Å². The molecule has 0 aliphatic rings. The Morgan fingerprint density at radius 2 is 1.86 bits per heavy atom. The first-order valence-electron chi connectivity index (χ1n) is 6.77. The maximum absolute atomic E-state index is 12.1. The van der Waals surface area contributed by atoms with Gasteiger partial charge in [-0.05, 0) is 48.9 Å². The number of anilines is 1. The first kappa shape index (κ1) is 15.9. The van der Waals surface area contributed by atoms with E-state index in [0.717, 1.165) is 5.56 Å². The summed E-state index contributed by atoms with van der Waals surface area (Å²) in [7, 11) is 0. The Morgan fingerprint density at radius 3 is 2.45 bits per heavy atom. The fourth-order valence-electron chi connectivity index (χ4n) is 1.81. The van der Waals surface area contributed by atoms with Gasteiger partial charge < -0.3 is 10.1 Å². The van der Waals surface area contributed by atoms with E-state index in [0.29, 0.717) is 22.9 Å². The van der Waals surface area contributed by atoms with Gasteiger partial charge in [-0.15, -0.1) is 0 Å². The number of rotatable bonds is 5. The van der Waals surface area contributed by atoms with Crippen molar-refractivity contribution in [1.82, 2.24) is 0 Å². The van der Waals surface area contributed by atoms with E-state index in [-0.39, 0.29) is 5.91 Å². The molecule has 1 amide bonds. The number of amides is 1. The third kappa shape index (κ3) is 4.51. The van der Waals surface area contributed by atoms with Crippen molar-refractivity contribution in [2.75, 3.05) is 5.32 Å². The molecule has 112 valence electrons. The minimum atomic E-state index is -0.639. The molecule has 1 atom stereocenters. The molecule has 0 aliphatic carbocycles. The standard InChI is InChI=1S/C17H15ClN2O2/c1-12(22-16-8-4-14(18)5-9-16)17(21)20-15-6-2-13(3-7-15)10-11-19/h2-9,12H,10H2,1H3,(H,20,21)/t12-/m1/s1. The van der Waals surface area contributed by atoms with Gasteiger partial charge >= 0.3 is 0 Å². The van der Waals surface area contributed by atoms with E-state index < -0.39 is 6.10 Å². The highest BCUT2D eigenvalue weighted by Crippen LogP contribution is 2.17. The highest BCUT2D eigenvalue weighted by molar-refractivity contribution is 6.30. The summed E-state index contributed by atoms with van der Waals surface area (Å²) < 4.78 is 5.55. The average Bonchev–Trinajstić information content (AvgIpc) is 2.51. The van der Waals surface area contributed by atoms with Crippen LogP contribution < -0.4 is 10.1 Å². The molecule has 0 saturated carbocycles. The zero-order valence-electron chi connectivity index (χ0n) is 12.0. The number of nitriles is 1. The van der Waals surface area contributed by atoms with Crippen molar-refractivity contribution >= 4 is 23.2 Å². The normalized spacial score (nSPS) is 11.3. The summed E-state index contributed by atoms with van der Waals surface area (Å²) in [6.45, 7) is 1.67. The van der Waals surface area contributed by atoms with E-state index >= 15 is 0 Å². The van der Waals surface area contributed by atoms with Crippen LogP contribution in [0.3, 0.4) is 0 Å². The van der Waals surface area contributed by atoms with Crippen LogP contribution in [0.15, 0.2) is 48.5 Å². The number of nitrogens with zero attached hydrogens (tertiary/aromatic N) is 1. The highest BCUT2D eigenvalue weighted by atomic mass is 35.5. The second kappa shape index (κ2) is 7.48. The molecule has 0 bridgehead atoms. The molecule has 2 aromatic carbocycles. The molecule has 0 unspecified atom stereocenters. The minimum Gasteiger partial charge on any atom is -0.481 e. The van der Waals surface area contributed by atoms with E-state index in [9.17, 15) is 4.79 Å². The zero-order chi connectivity index (χ0) is 15.9. The van der Waals surface area contributed by atoms with Gasteiger partial charge in [-0.25, -0.2) is 0 Å². The smallest absolute Gasteiger partial charge is 0.265 e. The van der Waals surface area contributed by atoms with Crippen molar-refractivity contribution in [3.63, 3.8) is 0 Å². The number of ether oxygens (including phenoxy) is 1. The molecule has 0 fully saturated rings. The molecule has 0 saturated heterocycles. The molecular formula is C17H15ClN2O2. The summed E-state index contributed by atoms with van der Waals surface area (Å²) in [6, 6.07) is 16.1. The van der Waals surface area contributed by atoms with Gasteiger partial charge in [0.05, 0.1) is 12.5 Å². The topological polar surface area (TPSA) is 62.1 Å². The number of halogens is 1. The lowest BCUT2D eigenvalue weighted by Gasteiger charge is -2.15. The summed E-state index contributed by atoms with van der Waals surface area (Å²) in [6.07, 6.45) is -0.287. The molecule has 5 heteroatoms. The summed E-state index contributed by atoms with van der Waals surface area (Å²) in [5.41, 5.74) is 1.57. The maximum atomic E-state index is 12.1. The molecule has 0 aromatic heterocycles. The first-order chi connectivity index (χ1) is 10.6. The lowest BCUT2D eigenvalue weighted by atomic mass is 10.1. The quantitative estimate of drug-likeness (QED) is 0.912. The van der Waals surface area contributed by atoms with Gasteiger partial charge in [0.2, 0.25) is 0 Å². The molecule has 0 radical (unpaired) electrons. The summed E-state index contributed by atoms with van der Waals surface area (Å²) in [5.74, 6) is 0.333. The Kier molecular flexibility index (Phi) is 5.40. The molecule has 4 nitrogen and oxygen atoms in total. The van der Waals surface area contributed by atoms with Gasteiger partial charge in [-0.1, -0.05) is 23.7 Å². The van der Waals surface area contributed by atoms with E-state index in [4.69, 9.17) is 21.6 Å². The van der Waals surface area contributed by atoms with Crippen molar-refractivity contribution in [3.8, 4) is 11.8 Å². The molecule has 22 heavy (non-hydrogen) atoms. The number of carbonyl (C=O) groups excluding carboxylic acids is 1. The van der Waals surface area contributed by atoms with Gasteiger partial charge in [0, 0.05) is 10.7 Å². The third-order valence-corrected chi connectivity index (χ3v) is 3.25. The number of carbonyl (C=O) groups is 1. The molecule has 1 N–H and O–H groups in total. The van der Waals surface area contributed by atoms with Crippen LogP contribution in [0.2, 0.25) is 5.02 Å². The lowest BCUT2D eigenvalue weighted by Crippen LogP contribution is -2.30. The lowest BCUT2D eigenvalue weighted by molar-refractivity contribution is -0.122. The Hall–Kier alpha value is -2.51. The number of hydrogen-bond donors (Lipinski definition) is 1. The predicted molar refractivity (Wildman–Crippen MR) is 85.9 cm³/mol. The van der Waals surface area contributed by atoms with Gasteiger partial charge in [0.25, 0.3) is 5.91 Å². The Bertz CT molecular complexity index is 675. The van der Waals surface area contributed by atoms with E-state index in [1.807, 2.05) is 12.1 Å². The van der Waals surface area contributed by atoms with Crippen molar-refractivity contribution in [1.29, 1.82) is 5.26 Å². The average molecular weight is 315 g/mol. The summed E-state index contributed by atoms with van der Waals surface area (Å²) >= 11 is 5.80. The van der Waals surface area contributed by atoms with Crippen molar-refractivity contribution < 1.29 is 9.53 Å². The van der Waals surface area contributed by atoms with Crippen LogP contribution in [0.4, 0.5) is 5.69 Å². The summed E-state index contributed by atoms with van der Waals surface area (Å²) in [4.78, 5) is 12.1. The van der Waals surface area contributed by atoms with Crippen molar-refractivity contribution in [2.24, 2.45) is 0 Å². The van der Waals surface area contributed by atoms with Crippen LogP contribution in [-0.2, 0) is 11.2 Å². The second-order valence-electron chi connectivity index (χ2n) is 4.74. The minimum absolute atomic E-state index is 0.247. The largest absolute Gasteiger partial charge is 0.481 e. The summed E-state index contributed by atoms with van der Waals surface area (Å²) in [5, 5.41) is 12.0. The molecule has 2 aromatic rings. The molecular weight excluding hydrogens is 300 g/mol.